The zero-order valence-electron chi connectivity index (χ0n) is 13.5. The zero-order chi connectivity index (χ0) is 16.5. The second-order valence-electron chi connectivity index (χ2n) is 5.04. The normalized spacial score (nSPS) is 9.28. The molecule has 0 spiro atoms. The molecule has 126 valence electrons. The minimum atomic E-state index is 0. The number of hydrogen-bond donors (Lipinski definition) is 0. The molecule has 0 N–H and O–H groups in total. The van der Waals surface area contributed by atoms with Crippen LogP contribution in [-0.2, 0) is 21.1 Å². The van der Waals surface area contributed by atoms with Gasteiger partial charge in [0.15, 0.2) is 0 Å². The fourth-order valence-electron chi connectivity index (χ4n) is 2.20. The maximum Gasteiger partial charge on any atom is 0.0160 e. The quantitative estimate of drug-likeness (QED) is 0.331. The van der Waals surface area contributed by atoms with E-state index in [0.29, 0.717) is 0 Å². The summed E-state index contributed by atoms with van der Waals surface area (Å²) in [4.78, 5) is 4.22. The van der Waals surface area contributed by atoms with Gasteiger partial charge >= 0.3 is 0 Å². The zero-order valence-corrected chi connectivity index (χ0v) is 15.8. The molecule has 0 aliphatic heterocycles. The Balaban J connectivity index is 0.000000173. The first kappa shape index (κ1) is 18.8. The van der Waals surface area contributed by atoms with E-state index in [0.717, 1.165) is 22.4 Å². The summed E-state index contributed by atoms with van der Waals surface area (Å²) in [7, 11) is 0. The minimum Gasteiger partial charge on any atom is -0.305 e. The maximum absolute atomic E-state index is 4.22. The fourth-order valence-corrected chi connectivity index (χ4v) is 2.20. The first-order valence-corrected chi connectivity index (χ1v) is 7.75. The summed E-state index contributed by atoms with van der Waals surface area (Å²) >= 11 is 0. The largest absolute Gasteiger partial charge is 0.305 e. The number of aromatic nitrogens is 1. The van der Waals surface area contributed by atoms with E-state index in [9.17, 15) is 0 Å². The van der Waals surface area contributed by atoms with Crippen molar-refractivity contribution in [3.63, 3.8) is 0 Å². The monoisotopic (exact) mass is 501 g/mol. The molecule has 0 saturated carbocycles. The van der Waals surface area contributed by atoms with Gasteiger partial charge in [-0.25, -0.2) is 11.1 Å². The summed E-state index contributed by atoms with van der Waals surface area (Å²) < 4.78 is 0. The van der Waals surface area contributed by atoms with Crippen LogP contribution in [0.5, 0.6) is 0 Å². The van der Waals surface area contributed by atoms with E-state index in [1.54, 1.807) is 6.20 Å². The second-order valence-corrected chi connectivity index (χ2v) is 5.04. The summed E-state index contributed by atoms with van der Waals surface area (Å²) in [6, 6.07) is 39.0. The van der Waals surface area contributed by atoms with Crippen molar-refractivity contribution in [3.05, 3.63) is 115 Å². The summed E-state index contributed by atoms with van der Waals surface area (Å²) in [5.41, 5.74) is 4.20. The van der Waals surface area contributed by atoms with E-state index >= 15 is 0 Å². The van der Waals surface area contributed by atoms with Gasteiger partial charge in [0.05, 0.1) is 0 Å². The van der Waals surface area contributed by atoms with E-state index in [1.165, 1.54) is 0 Å². The Morgan fingerprint density at radius 3 is 1.40 bits per heavy atom. The Morgan fingerprint density at radius 2 is 1.00 bits per heavy atom. The van der Waals surface area contributed by atoms with Crippen LogP contribution in [0.2, 0.25) is 0 Å². The summed E-state index contributed by atoms with van der Waals surface area (Å²) in [6.45, 7) is 0. The average molecular weight is 501 g/mol. The molecule has 1 nitrogen and oxygen atoms in total. The summed E-state index contributed by atoms with van der Waals surface area (Å²) in [6.07, 6.45) is 1.79. The first-order chi connectivity index (χ1) is 11.9. The maximum atomic E-state index is 4.22. The van der Waals surface area contributed by atoms with E-state index in [1.807, 2.05) is 91.0 Å². The predicted molar refractivity (Wildman–Crippen MR) is 98.1 cm³/mol. The number of nitrogens with zero attached hydrogens (tertiary/aromatic N) is 1. The van der Waals surface area contributed by atoms with Crippen LogP contribution in [-0.4, -0.2) is 4.98 Å². The molecule has 0 fully saturated rings. The van der Waals surface area contributed by atoms with Gasteiger partial charge in [-0.05, 0) is 11.8 Å². The number of pyridine rings is 1. The van der Waals surface area contributed by atoms with Crippen LogP contribution >= 0.6 is 0 Å². The van der Waals surface area contributed by atoms with Crippen molar-refractivity contribution in [2.75, 3.05) is 0 Å². The minimum absolute atomic E-state index is 0. The molecule has 0 saturated heterocycles. The van der Waals surface area contributed by atoms with Crippen molar-refractivity contribution in [1.82, 2.24) is 4.98 Å². The standard InChI is InChI=1S/C12H8.C11H8N.Pt/c1-3-7-11(8-4-1)12-9-5-2-6-10-12;1-2-6-10(7-3-1)11-8-4-5-9-12-11;/h1-7,9H;1-6,8-9H;/q-2;-1;. The van der Waals surface area contributed by atoms with Crippen LogP contribution in [0.15, 0.2) is 97.2 Å². The predicted octanol–water partition coefficient (Wildman–Crippen LogP) is 5.50. The Kier molecular flexibility index (Phi) is 7.82. The Labute approximate surface area is 163 Å². The SMILES string of the molecule is [Pt].[c-]1ccccc1-c1[c-]cccc1.[c-]1ccccc1-c1ccccn1. The van der Waals surface area contributed by atoms with Crippen LogP contribution in [0, 0.1) is 18.2 Å². The molecule has 0 amide bonds. The average Bonchev–Trinajstić information content (AvgIpc) is 2.71. The van der Waals surface area contributed by atoms with Crippen molar-refractivity contribution < 1.29 is 21.1 Å². The fraction of sp³-hybridized carbons (Fsp3) is 0. The molecular weight excluding hydrogens is 485 g/mol. The second kappa shape index (κ2) is 10.4. The van der Waals surface area contributed by atoms with Crippen LogP contribution in [0.25, 0.3) is 22.4 Å². The van der Waals surface area contributed by atoms with Gasteiger partial charge in [-0.2, -0.15) is 48.5 Å². The van der Waals surface area contributed by atoms with Crippen molar-refractivity contribution in [2.24, 2.45) is 0 Å². The van der Waals surface area contributed by atoms with E-state index in [4.69, 9.17) is 0 Å². The molecule has 25 heavy (non-hydrogen) atoms. The number of hydrogen-bond acceptors (Lipinski definition) is 1. The van der Waals surface area contributed by atoms with Crippen LogP contribution in [0.4, 0.5) is 0 Å². The van der Waals surface area contributed by atoms with Gasteiger partial charge in [-0.15, -0.1) is 48.0 Å². The van der Waals surface area contributed by atoms with Gasteiger partial charge in [0.2, 0.25) is 0 Å². The summed E-state index contributed by atoms with van der Waals surface area (Å²) in [5.74, 6) is 0. The molecule has 0 atom stereocenters. The third-order valence-electron chi connectivity index (χ3n) is 3.36. The molecule has 0 aliphatic carbocycles. The molecule has 0 radical (unpaired) electrons. The van der Waals surface area contributed by atoms with Gasteiger partial charge in [0.1, 0.15) is 0 Å². The molecule has 1 aromatic heterocycles. The molecule has 1 heterocycles. The third kappa shape index (κ3) is 5.81. The van der Waals surface area contributed by atoms with Crippen molar-refractivity contribution in [1.29, 1.82) is 0 Å². The Bertz CT molecular complexity index is 682. The van der Waals surface area contributed by atoms with Crippen molar-refractivity contribution >= 4 is 0 Å². The Morgan fingerprint density at radius 1 is 0.520 bits per heavy atom. The van der Waals surface area contributed by atoms with Gasteiger partial charge in [-0.3, -0.25) is 0 Å². The smallest absolute Gasteiger partial charge is 0.0160 e. The van der Waals surface area contributed by atoms with Gasteiger partial charge in [-0.1, -0.05) is 12.1 Å². The Hall–Kier alpha value is -2.50. The van der Waals surface area contributed by atoms with Crippen molar-refractivity contribution in [3.8, 4) is 22.4 Å². The number of rotatable bonds is 2. The van der Waals surface area contributed by atoms with Crippen LogP contribution in [0.3, 0.4) is 0 Å². The molecular formula is C23H16NPt-3. The van der Waals surface area contributed by atoms with E-state index in [2.05, 4.69) is 23.2 Å². The van der Waals surface area contributed by atoms with Gasteiger partial charge in [0.25, 0.3) is 0 Å². The molecule has 0 bridgehead atoms. The van der Waals surface area contributed by atoms with Crippen LogP contribution in [0.1, 0.15) is 0 Å². The molecule has 3 aromatic carbocycles. The molecule has 4 rings (SSSR count). The van der Waals surface area contributed by atoms with Gasteiger partial charge < -0.3 is 4.98 Å². The topological polar surface area (TPSA) is 12.9 Å². The molecule has 0 aliphatic rings. The first-order valence-electron chi connectivity index (χ1n) is 7.75. The van der Waals surface area contributed by atoms with E-state index in [-0.39, 0.29) is 21.1 Å². The number of benzene rings is 3. The molecule has 4 aromatic rings. The van der Waals surface area contributed by atoms with Crippen LogP contribution < -0.4 is 0 Å². The van der Waals surface area contributed by atoms with Crippen molar-refractivity contribution in [2.45, 2.75) is 0 Å². The van der Waals surface area contributed by atoms with Gasteiger partial charge in [0, 0.05) is 27.3 Å². The molecule has 0 unspecified atom stereocenters. The van der Waals surface area contributed by atoms with E-state index < -0.39 is 0 Å². The third-order valence-corrected chi connectivity index (χ3v) is 3.36. The molecule has 2 heteroatoms. The summed E-state index contributed by atoms with van der Waals surface area (Å²) in [5, 5.41) is 0.